The van der Waals surface area contributed by atoms with E-state index in [4.69, 9.17) is 0 Å². The summed E-state index contributed by atoms with van der Waals surface area (Å²) in [4.78, 5) is 4.06. The molecule has 2 aromatic rings. The number of aliphatic hydroxyl groups is 1. The lowest BCUT2D eigenvalue weighted by Crippen LogP contribution is -2.36. The van der Waals surface area contributed by atoms with Crippen LogP contribution in [0.2, 0.25) is 0 Å². The van der Waals surface area contributed by atoms with Gasteiger partial charge in [-0.3, -0.25) is 4.98 Å². The zero-order valence-corrected chi connectivity index (χ0v) is 11.4. The van der Waals surface area contributed by atoms with Gasteiger partial charge in [0.25, 0.3) is 0 Å². The van der Waals surface area contributed by atoms with Crippen LogP contribution < -0.4 is 0 Å². The van der Waals surface area contributed by atoms with E-state index in [0.29, 0.717) is 5.56 Å². The van der Waals surface area contributed by atoms with E-state index in [0.717, 1.165) is 10.8 Å². The minimum atomic E-state index is -4.17. The Morgan fingerprint density at radius 2 is 1.86 bits per heavy atom. The van der Waals surface area contributed by atoms with Crippen molar-refractivity contribution in [2.24, 2.45) is 5.92 Å². The number of halogens is 3. The molecule has 0 bridgehead atoms. The molecule has 0 aliphatic heterocycles. The summed E-state index contributed by atoms with van der Waals surface area (Å²) in [5.41, 5.74) is -0.502. The lowest BCUT2D eigenvalue weighted by Gasteiger charge is -2.37. The van der Waals surface area contributed by atoms with E-state index in [9.17, 15) is 18.3 Å². The first-order valence-electron chi connectivity index (χ1n) is 7.02. The van der Waals surface area contributed by atoms with Crippen LogP contribution in [0.5, 0.6) is 0 Å². The van der Waals surface area contributed by atoms with E-state index < -0.39 is 17.7 Å². The molecule has 0 saturated heterocycles. The van der Waals surface area contributed by atoms with E-state index in [1.807, 2.05) is 18.2 Å². The van der Waals surface area contributed by atoms with E-state index in [1.54, 1.807) is 18.5 Å². The molecular weight excluding hydrogens is 279 g/mol. The molecule has 5 heteroatoms. The van der Waals surface area contributed by atoms with Crippen LogP contribution in [0.3, 0.4) is 0 Å². The standard InChI is InChI=1S/C16H16F3NO/c17-16(18,19)12-4-7-15(21,8-5-12)14-3-1-2-11-6-9-20-10-13(11)14/h1-3,6,9-10,12,21H,4-5,7-8H2. The molecular formula is C16H16F3NO. The summed E-state index contributed by atoms with van der Waals surface area (Å²) < 4.78 is 38.3. The van der Waals surface area contributed by atoms with E-state index >= 15 is 0 Å². The number of nitrogens with zero attached hydrogens (tertiary/aromatic N) is 1. The molecule has 0 atom stereocenters. The Labute approximate surface area is 120 Å². The van der Waals surface area contributed by atoms with Gasteiger partial charge in [0.15, 0.2) is 0 Å². The average molecular weight is 295 g/mol. The topological polar surface area (TPSA) is 33.1 Å². The van der Waals surface area contributed by atoms with Crippen LogP contribution in [0, 0.1) is 5.92 Å². The maximum atomic E-state index is 12.8. The van der Waals surface area contributed by atoms with Gasteiger partial charge in [-0.1, -0.05) is 18.2 Å². The van der Waals surface area contributed by atoms with Crippen molar-refractivity contribution in [1.82, 2.24) is 4.98 Å². The van der Waals surface area contributed by atoms with Gasteiger partial charge in [-0.25, -0.2) is 0 Å². The Hall–Kier alpha value is -1.62. The molecule has 1 fully saturated rings. The molecule has 0 spiro atoms. The number of aromatic nitrogens is 1. The Kier molecular flexibility index (Phi) is 3.40. The Morgan fingerprint density at radius 1 is 1.14 bits per heavy atom. The van der Waals surface area contributed by atoms with Crippen molar-refractivity contribution < 1.29 is 18.3 Å². The van der Waals surface area contributed by atoms with Crippen LogP contribution >= 0.6 is 0 Å². The van der Waals surface area contributed by atoms with Crippen molar-refractivity contribution in [3.63, 3.8) is 0 Å². The fourth-order valence-corrected chi connectivity index (χ4v) is 3.21. The van der Waals surface area contributed by atoms with Gasteiger partial charge in [0.05, 0.1) is 11.5 Å². The highest BCUT2D eigenvalue weighted by Gasteiger charge is 2.46. The van der Waals surface area contributed by atoms with Crippen LogP contribution in [-0.2, 0) is 5.60 Å². The van der Waals surface area contributed by atoms with Gasteiger partial charge in [0.2, 0.25) is 0 Å². The van der Waals surface area contributed by atoms with Crippen molar-refractivity contribution in [2.45, 2.75) is 37.5 Å². The number of alkyl halides is 3. The van der Waals surface area contributed by atoms with Crippen molar-refractivity contribution in [2.75, 3.05) is 0 Å². The quantitative estimate of drug-likeness (QED) is 0.856. The lowest BCUT2D eigenvalue weighted by atomic mass is 9.74. The SMILES string of the molecule is OC1(c2cccc3ccncc23)CCC(C(F)(F)F)CC1. The molecule has 1 aliphatic rings. The van der Waals surface area contributed by atoms with Gasteiger partial charge in [-0.15, -0.1) is 0 Å². The minimum Gasteiger partial charge on any atom is -0.385 e. The Bertz CT molecular complexity index is 640. The van der Waals surface area contributed by atoms with Gasteiger partial charge in [-0.05, 0) is 42.7 Å². The van der Waals surface area contributed by atoms with Crippen LogP contribution in [-0.4, -0.2) is 16.3 Å². The molecule has 112 valence electrons. The summed E-state index contributed by atoms with van der Waals surface area (Å²) in [5, 5.41) is 12.6. The summed E-state index contributed by atoms with van der Waals surface area (Å²) in [5.74, 6) is -1.30. The fraction of sp³-hybridized carbons (Fsp3) is 0.438. The first kappa shape index (κ1) is 14.3. The molecule has 1 N–H and O–H groups in total. The van der Waals surface area contributed by atoms with Crippen LogP contribution in [0.25, 0.3) is 10.8 Å². The summed E-state index contributed by atoms with van der Waals surface area (Å²) in [7, 11) is 0. The second-order valence-corrected chi connectivity index (χ2v) is 5.75. The van der Waals surface area contributed by atoms with Crippen molar-refractivity contribution >= 4 is 10.8 Å². The first-order chi connectivity index (χ1) is 9.90. The maximum Gasteiger partial charge on any atom is 0.391 e. The molecule has 21 heavy (non-hydrogen) atoms. The van der Waals surface area contributed by atoms with Gasteiger partial charge >= 0.3 is 6.18 Å². The normalized spacial score (nSPS) is 27.0. The van der Waals surface area contributed by atoms with Gasteiger partial charge < -0.3 is 5.11 Å². The first-order valence-corrected chi connectivity index (χ1v) is 7.02. The molecule has 1 aliphatic carbocycles. The summed E-state index contributed by atoms with van der Waals surface area (Å²) in [6.07, 6.45) is -0.638. The molecule has 0 radical (unpaired) electrons. The number of fused-ring (bicyclic) bond motifs is 1. The smallest absolute Gasteiger partial charge is 0.385 e. The minimum absolute atomic E-state index is 0.0311. The van der Waals surface area contributed by atoms with Crippen LogP contribution in [0.15, 0.2) is 36.7 Å². The number of pyridine rings is 1. The van der Waals surface area contributed by atoms with Crippen molar-refractivity contribution in [3.8, 4) is 0 Å². The van der Waals surface area contributed by atoms with Crippen molar-refractivity contribution in [1.29, 1.82) is 0 Å². The predicted molar refractivity (Wildman–Crippen MR) is 73.7 cm³/mol. The molecule has 2 nitrogen and oxygen atoms in total. The lowest BCUT2D eigenvalue weighted by molar-refractivity contribution is -0.193. The summed E-state index contributed by atoms with van der Waals surface area (Å²) in [6.45, 7) is 0. The Morgan fingerprint density at radius 3 is 2.52 bits per heavy atom. The van der Waals surface area contributed by atoms with E-state index in [-0.39, 0.29) is 25.7 Å². The van der Waals surface area contributed by atoms with E-state index in [1.165, 1.54) is 0 Å². The van der Waals surface area contributed by atoms with Crippen LogP contribution in [0.1, 0.15) is 31.2 Å². The average Bonchev–Trinajstić information content (AvgIpc) is 2.46. The highest BCUT2D eigenvalue weighted by atomic mass is 19.4. The third kappa shape index (κ3) is 2.62. The molecule has 3 rings (SSSR count). The number of hydrogen-bond acceptors (Lipinski definition) is 2. The zero-order valence-electron chi connectivity index (χ0n) is 11.4. The predicted octanol–water partition coefficient (Wildman–Crippen LogP) is 4.17. The third-order valence-corrected chi connectivity index (χ3v) is 4.46. The molecule has 0 unspecified atom stereocenters. The fourth-order valence-electron chi connectivity index (χ4n) is 3.21. The molecule has 1 heterocycles. The number of benzene rings is 1. The van der Waals surface area contributed by atoms with Crippen molar-refractivity contribution in [3.05, 3.63) is 42.2 Å². The largest absolute Gasteiger partial charge is 0.391 e. The molecule has 0 amide bonds. The van der Waals surface area contributed by atoms with Gasteiger partial charge in [-0.2, -0.15) is 13.2 Å². The van der Waals surface area contributed by atoms with Gasteiger partial charge in [0.1, 0.15) is 0 Å². The summed E-state index contributed by atoms with van der Waals surface area (Å²) in [6, 6.07) is 7.36. The van der Waals surface area contributed by atoms with E-state index in [2.05, 4.69) is 4.98 Å². The molecule has 1 aromatic carbocycles. The zero-order chi connectivity index (χ0) is 15.1. The highest BCUT2D eigenvalue weighted by molar-refractivity contribution is 5.85. The monoisotopic (exact) mass is 295 g/mol. The van der Waals surface area contributed by atoms with Gasteiger partial charge in [0, 0.05) is 17.8 Å². The molecule has 1 saturated carbocycles. The highest BCUT2D eigenvalue weighted by Crippen LogP contribution is 2.46. The second-order valence-electron chi connectivity index (χ2n) is 5.75. The van der Waals surface area contributed by atoms with Crippen LogP contribution in [0.4, 0.5) is 13.2 Å². The number of hydrogen-bond donors (Lipinski definition) is 1. The summed E-state index contributed by atoms with van der Waals surface area (Å²) >= 11 is 0. The maximum absolute atomic E-state index is 12.8. The number of rotatable bonds is 1. The molecule has 1 aromatic heterocycles. The Balaban J connectivity index is 1.93. The third-order valence-electron chi connectivity index (χ3n) is 4.46. The second kappa shape index (κ2) is 4.98.